The molecular formula is C12H14BrNO. The second-order valence-electron chi connectivity index (χ2n) is 3.26. The van der Waals surface area contributed by atoms with Gasteiger partial charge in [0.05, 0.1) is 0 Å². The summed E-state index contributed by atoms with van der Waals surface area (Å²) >= 11 is 3.34. The molecular weight excluding hydrogens is 254 g/mol. The molecule has 0 radical (unpaired) electrons. The largest absolute Gasteiger partial charge is 0.322 e. The molecule has 1 aromatic carbocycles. The van der Waals surface area contributed by atoms with E-state index < -0.39 is 0 Å². The van der Waals surface area contributed by atoms with Gasteiger partial charge in [-0.25, -0.2) is 0 Å². The van der Waals surface area contributed by atoms with Crippen molar-refractivity contribution in [3.8, 4) is 0 Å². The number of anilines is 1. The van der Waals surface area contributed by atoms with Gasteiger partial charge in [0, 0.05) is 15.7 Å². The van der Waals surface area contributed by atoms with Gasteiger partial charge in [-0.3, -0.25) is 4.79 Å². The molecule has 3 heteroatoms. The SMILES string of the molecule is CC/C=C(/C)C(=O)Nc1ccc(Br)cc1. The lowest BCUT2D eigenvalue weighted by atomic mass is 10.2. The first-order valence-corrected chi connectivity index (χ1v) is 5.66. The minimum atomic E-state index is -0.0424. The van der Waals surface area contributed by atoms with Crippen LogP contribution in [0, 0.1) is 0 Å². The lowest BCUT2D eigenvalue weighted by molar-refractivity contribution is -0.112. The van der Waals surface area contributed by atoms with Gasteiger partial charge in [-0.2, -0.15) is 0 Å². The molecule has 15 heavy (non-hydrogen) atoms. The molecule has 0 heterocycles. The van der Waals surface area contributed by atoms with Crippen molar-refractivity contribution in [2.75, 3.05) is 5.32 Å². The van der Waals surface area contributed by atoms with Crippen molar-refractivity contribution >= 4 is 27.5 Å². The van der Waals surface area contributed by atoms with Gasteiger partial charge in [-0.15, -0.1) is 0 Å². The highest BCUT2D eigenvalue weighted by molar-refractivity contribution is 9.10. The molecule has 1 N–H and O–H groups in total. The van der Waals surface area contributed by atoms with Crippen molar-refractivity contribution in [3.05, 3.63) is 40.4 Å². The molecule has 80 valence electrons. The molecule has 0 spiro atoms. The number of carbonyl (C=O) groups excluding carboxylic acids is 1. The summed E-state index contributed by atoms with van der Waals surface area (Å²) in [6, 6.07) is 7.52. The van der Waals surface area contributed by atoms with Gasteiger partial charge in [0.15, 0.2) is 0 Å². The Morgan fingerprint density at radius 3 is 2.53 bits per heavy atom. The van der Waals surface area contributed by atoms with Crippen LogP contribution in [0.1, 0.15) is 20.3 Å². The van der Waals surface area contributed by atoms with Crippen LogP contribution in [0.3, 0.4) is 0 Å². The molecule has 2 nitrogen and oxygen atoms in total. The Balaban J connectivity index is 2.66. The molecule has 0 saturated carbocycles. The van der Waals surface area contributed by atoms with E-state index in [-0.39, 0.29) is 5.91 Å². The standard InChI is InChI=1S/C12H14BrNO/c1-3-4-9(2)12(15)14-11-7-5-10(13)6-8-11/h4-8H,3H2,1-2H3,(H,14,15)/b9-4-. The zero-order valence-electron chi connectivity index (χ0n) is 8.88. The monoisotopic (exact) mass is 267 g/mol. The quantitative estimate of drug-likeness (QED) is 0.831. The number of carbonyl (C=O) groups is 1. The van der Waals surface area contributed by atoms with E-state index in [0.29, 0.717) is 0 Å². The van der Waals surface area contributed by atoms with Crippen LogP contribution < -0.4 is 5.32 Å². The predicted octanol–water partition coefficient (Wildman–Crippen LogP) is 3.74. The van der Waals surface area contributed by atoms with Crippen LogP contribution in [-0.2, 0) is 4.79 Å². The summed E-state index contributed by atoms with van der Waals surface area (Å²) in [7, 11) is 0. The normalized spacial score (nSPS) is 11.3. The fraction of sp³-hybridized carbons (Fsp3) is 0.250. The molecule has 0 saturated heterocycles. The van der Waals surface area contributed by atoms with E-state index in [0.717, 1.165) is 22.2 Å². The zero-order chi connectivity index (χ0) is 11.3. The number of rotatable bonds is 3. The lowest BCUT2D eigenvalue weighted by Crippen LogP contribution is -2.12. The number of hydrogen-bond donors (Lipinski definition) is 1. The molecule has 0 atom stereocenters. The number of nitrogens with one attached hydrogen (secondary N) is 1. The van der Waals surface area contributed by atoms with E-state index in [4.69, 9.17) is 0 Å². The maximum absolute atomic E-state index is 11.6. The molecule has 0 aliphatic carbocycles. The van der Waals surface area contributed by atoms with Gasteiger partial charge in [0.2, 0.25) is 0 Å². The summed E-state index contributed by atoms with van der Waals surface area (Å²) in [5.74, 6) is -0.0424. The minimum Gasteiger partial charge on any atom is -0.322 e. The molecule has 1 amide bonds. The summed E-state index contributed by atoms with van der Waals surface area (Å²) in [6.07, 6.45) is 2.79. The van der Waals surface area contributed by atoms with Gasteiger partial charge >= 0.3 is 0 Å². The Kier molecular flexibility index (Phi) is 4.56. The smallest absolute Gasteiger partial charge is 0.250 e. The maximum atomic E-state index is 11.6. The number of hydrogen-bond acceptors (Lipinski definition) is 1. The maximum Gasteiger partial charge on any atom is 0.250 e. The van der Waals surface area contributed by atoms with E-state index in [1.165, 1.54) is 0 Å². The third kappa shape index (κ3) is 3.88. The highest BCUT2D eigenvalue weighted by Gasteiger charge is 2.03. The molecule has 0 fully saturated rings. The van der Waals surface area contributed by atoms with E-state index in [1.54, 1.807) is 0 Å². The summed E-state index contributed by atoms with van der Waals surface area (Å²) in [5.41, 5.74) is 1.56. The molecule has 0 aromatic heterocycles. The predicted molar refractivity (Wildman–Crippen MR) is 66.8 cm³/mol. The van der Waals surface area contributed by atoms with Crippen molar-refractivity contribution in [2.24, 2.45) is 0 Å². The first-order chi connectivity index (χ1) is 7.13. The average Bonchev–Trinajstić information content (AvgIpc) is 2.22. The summed E-state index contributed by atoms with van der Waals surface area (Å²) in [5, 5.41) is 2.83. The summed E-state index contributed by atoms with van der Waals surface area (Å²) < 4.78 is 1.00. The zero-order valence-corrected chi connectivity index (χ0v) is 10.5. The van der Waals surface area contributed by atoms with Crippen molar-refractivity contribution in [3.63, 3.8) is 0 Å². The van der Waals surface area contributed by atoms with Crippen LogP contribution >= 0.6 is 15.9 Å². The van der Waals surface area contributed by atoms with Gasteiger partial charge in [0.1, 0.15) is 0 Å². The third-order valence-electron chi connectivity index (χ3n) is 1.97. The Bertz CT molecular complexity index is 368. The Morgan fingerprint density at radius 1 is 1.40 bits per heavy atom. The lowest BCUT2D eigenvalue weighted by Gasteiger charge is -2.05. The second kappa shape index (κ2) is 5.71. The first kappa shape index (κ1) is 12.0. The van der Waals surface area contributed by atoms with Crippen LogP contribution in [-0.4, -0.2) is 5.91 Å². The Morgan fingerprint density at radius 2 is 2.00 bits per heavy atom. The van der Waals surface area contributed by atoms with Crippen LogP contribution in [0.5, 0.6) is 0 Å². The van der Waals surface area contributed by atoms with Gasteiger partial charge in [-0.1, -0.05) is 28.9 Å². The molecule has 0 aliphatic heterocycles. The van der Waals surface area contributed by atoms with Crippen molar-refractivity contribution in [1.82, 2.24) is 0 Å². The van der Waals surface area contributed by atoms with Crippen molar-refractivity contribution in [2.45, 2.75) is 20.3 Å². The van der Waals surface area contributed by atoms with Crippen molar-refractivity contribution in [1.29, 1.82) is 0 Å². The third-order valence-corrected chi connectivity index (χ3v) is 2.50. The van der Waals surface area contributed by atoms with E-state index in [1.807, 2.05) is 44.2 Å². The number of benzene rings is 1. The molecule has 0 aliphatic rings. The minimum absolute atomic E-state index is 0.0424. The summed E-state index contributed by atoms with van der Waals surface area (Å²) in [6.45, 7) is 3.83. The first-order valence-electron chi connectivity index (χ1n) is 4.87. The van der Waals surface area contributed by atoms with E-state index in [9.17, 15) is 4.79 Å². The van der Waals surface area contributed by atoms with Crippen LogP contribution in [0.4, 0.5) is 5.69 Å². The number of allylic oxidation sites excluding steroid dienone is 1. The number of amides is 1. The average molecular weight is 268 g/mol. The van der Waals surface area contributed by atoms with Crippen molar-refractivity contribution < 1.29 is 4.79 Å². The molecule has 1 rings (SSSR count). The number of halogens is 1. The van der Waals surface area contributed by atoms with Crippen LogP contribution in [0.2, 0.25) is 0 Å². The second-order valence-corrected chi connectivity index (χ2v) is 4.17. The molecule has 1 aromatic rings. The highest BCUT2D eigenvalue weighted by Crippen LogP contribution is 2.14. The van der Waals surface area contributed by atoms with Gasteiger partial charge in [-0.05, 0) is 37.6 Å². The fourth-order valence-corrected chi connectivity index (χ4v) is 1.43. The van der Waals surface area contributed by atoms with E-state index in [2.05, 4.69) is 21.2 Å². The van der Waals surface area contributed by atoms with Crippen LogP contribution in [0.25, 0.3) is 0 Å². The topological polar surface area (TPSA) is 29.1 Å². The Hall–Kier alpha value is -1.09. The summed E-state index contributed by atoms with van der Waals surface area (Å²) in [4.78, 5) is 11.6. The molecule has 0 bridgehead atoms. The van der Waals surface area contributed by atoms with Gasteiger partial charge in [0.25, 0.3) is 5.91 Å². The fourth-order valence-electron chi connectivity index (χ4n) is 1.16. The van der Waals surface area contributed by atoms with Gasteiger partial charge < -0.3 is 5.32 Å². The molecule has 0 unspecified atom stereocenters. The van der Waals surface area contributed by atoms with Crippen LogP contribution in [0.15, 0.2) is 40.4 Å². The van der Waals surface area contributed by atoms with E-state index >= 15 is 0 Å². The Labute approximate surface area is 98.5 Å². The highest BCUT2D eigenvalue weighted by atomic mass is 79.9.